The lowest BCUT2D eigenvalue weighted by molar-refractivity contribution is -0.143. The fourth-order valence-corrected chi connectivity index (χ4v) is 2.13. The molecule has 17 heavy (non-hydrogen) atoms. The van der Waals surface area contributed by atoms with E-state index in [0.29, 0.717) is 13.2 Å². The summed E-state index contributed by atoms with van der Waals surface area (Å²) in [5.41, 5.74) is 0. The summed E-state index contributed by atoms with van der Waals surface area (Å²) < 4.78 is 9.69. The summed E-state index contributed by atoms with van der Waals surface area (Å²) in [5, 5.41) is 2.65. The van der Waals surface area contributed by atoms with Gasteiger partial charge in [0.25, 0.3) is 0 Å². The average molecular weight is 310 g/mol. The quantitative estimate of drug-likeness (QED) is 0.602. The molecule has 0 aliphatic heterocycles. The number of ether oxygens (including phenoxy) is 2. The Kier molecular flexibility index (Phi) is 7.95. The van der Waals surface area contributed by atoms with Gasteiger partial charge in [0.15, 0.2) is 0 Å². The third kappa shape index (κ3) is 5.91. The van der Waals surface area contributed by atoms with Crippen molar-refractivity contribution >= 4 is 28.0 Å². The Morgan fingerprint density at radius 1 is 1.18 bits per heavy atom. The molecule has 0 aliphatic carbocycles. The van der Waals surface area contributed by atoms with Gasteiger partial charge in [-0.3, -0.25) is 4.79 Å². The molecule has 0 saturated carbocycles. The van der Waals surface area contributed by atoms with Crippen molar-refractivity contribution in [2.75, 3.05) is 13.2 Å². The summed E-state index contributed by atoms with van der Waals surface area (Å²) >= 11 is 3.25. The van der Waals surface area contributed by atoms with Crippen LogP contribution in [0.1, 0.15) is 27.7 Å². The van der Waals surface area contributed by atoms with Gasteiger partial charge in [0, 0.05) is 0 Å². The van der Waals surface area contributed by atoms with E-state index < -0.39 is 10.9 Å². The maximum absolute atomic E-state index is 11.6. The Labute approximate surface area is 110 Å². The number of carbonyl (C=O) groups excluding carboxylic acids is 2. The Morgan fingerprint density at radius 2 is 1.71 bits per heavy atom. The van der Waals surface area contributed by atoms with Gasteiger partial charge in [-0.05, 0) is 19.8 Å². The van der Waals surface area contributed by atoms with Crippen molar-refractivity contribution in [2.24, 2.45) is 5.92 Å². The van der Waals surface area contributed by atoms with Crippen molar-refractivity contribution in [3.63, 3.8) is 0 Å². The molecule has 0 aromatic heterocycles. The van der Waals surface area contributed by atoms with E-state index in [2.05, 4.69) is 21.2 Å². The van der Waals surface area contributed by atoms with Crippen molar-refractivity contribution in [2.45, 2.75) is 38.6 Å². The fraction of sp³-hybridized carbons (Fsp3) is 0.818. The van der Waals surface area contributed by atoms with Crippen molar-refractivity contribution in [3.05, 3.63) is 0 Å². The van der Waals surface area contributed by atoms with Crippen LogP contribution >= 0.6 is 15.9 Å². The molecule has 0 aliphatic rings. The smallest absolute Gasteiger partial charge is 0.407 e. The molecule has 1 N–H and O–H groups in total. The second-order valence-corrected chi connectivity index (χ2v) is 4.77. The second-order valence-electron chi connectivity index (χ2n) is 3.79. The predicted molar refractivity (Wildman–Crippen MR) is 68.1 cm³/mol. The lowest BCUT2D eigenvalue weighted by Gasteiger charge is -2.25. The highest BCUT2D eigenvalue weighted by Gasteiger charge is 2.31. The van der Waals surface area contributed by atoms with Crippen molar-refractivity contribution in [1.29, 1.82) is 0 Å². The molecule has 2 atom stereocenters. The van der Waals surface area contributed by atoms with E-state index in [0.717, 1.165) is 0 Å². The molecule has 0 aromatic carbocycles. The van der Waals surface area contributed by atoms with E-state index in [1.165, 1.54) is 0 Å². The SMILES string of the molecule is CCOC(=O)N[C@@H](C(C)C)[C@H](Br)C(=O)OCC. The molecule has 0 radical (unpaired) electrons. The van der Waals surface area contributed by atoms with Gasteiger partial charge in [0.05, 0.1) is 19.3 Å². The number of halogens is 1. The third-order valence-electron chi connectivity index (χ3n) is 2.11. The molecular formula is C11H20BrNO4. The van der Waals surface area contributed by atoms with E-state index in [9.17, 15) is 9.59 Å². The minimum atomic E-state index is -0.577. The topological polar surface area (TPSA) is 64.6 Å². The van der Waals surface area contributed by atoms with Gasteiger partial charge in [-0.2, -0.15) is 0 Å². The summed E-state index contributed by atoms with van der Waals surface area (Å²) in [6, 6.07) is -0.368. The molecule has 0 unspecified atom stereocenters. The molecule has 0 spiro atoms. The van der Waals surface area contributed by atoms with Crippen LogP contribution in [0.3, 0.4) is 0 Å². The number of carbonyl (C=O) groups is 2. The number of hydrogen-bond donors (Lipinski definition) is 1. The zero-order valence-corrected chi connectivity index (χ0v) is 12.2. The van der Waals surface area contributed by atoms with Crippen LogP contribution in [0.15, 0.2) is 0 Å². The number of nitrogens with one attached hydrogen (secondary N) is 1. The van der Waals surface area contributed by atoms with Crippen molar-refractivity contribution in [3.8, 4) is 0 Å². The average Bonchev–Trinajstić information content (AvgIpc) is 2.25. The van der Waals surface area contributed by atoms with Crippen LogP contribution in [0, 0.1) is 5.92 Å². The molecule has 0 bridgehead atoms. The predicted octanol–water partition coefficient (Wildman–Crippen LogP) is 2.08. The van der Waals surface area contributed by atoms with Crippen LogP contribution in [-0.4, -0.2) is 36.1 Å². The molecule has 0 heterocycles. The molecule has 100 valence electrons. The maximum atomic E-state index is 11.6. The zero-order chi connectivity index (χ0) is 13.4. The number of hydrogen-bond acceptors (Lipinski definition) is 4. The summed E-state index contributed by atoms with van der Waals surface area (Å²) in [6.45, 7) is 7.88. The Bertz CT molecular complexity index is 258. The van der Waals surface area contributed by atoms with Crippen molar-refractivity contribution < 1.29 is 19.1 Å². The molecule has 0 saturated heterocycles. The summed E-state index contributed by atoms with van der Waals surface area (Å²) in [4.78, 5) is 22.3. The first-order chi connectivity index (χ1) is 7.93. The lowest BCUT2D eigenvalue weighted by Crippen LogP contribution is -2.48. The van der Waals surface area contributed by atoms with Gasteiger partial charge in [-0.1, -0.05) is 29.8 Å². The molecule has 0 aromatic rings. The summed E-state index contributed by atoms with van der Waals surface area (Å²) in [6.07, 6.45) is -0.528. The first-order valence-electron chi connectivity index (χ1n) is 5.67. The summed E-state index contributed by atoms with van der Waals surface area (Å²) in [7, 11) is 0. The Hall–Kier alpha value is -0.780. The van der Waals surface area contributed by atoms with E-state index in [-0.39, 0.29) is 17.9 Å². The minimum absolute atomic E-state index is 0.0770. The van der Waals surface area contributed by atoms with Crippen LogP contribution in [-0.2, 0) is 14.3 Å². The molecule has 6 heteroatoms. The lowest BCUT2D eigenvalue weighted by atomic mass is 10.0. The standard InChI is InChI=1S/C11H20BrNO4/c1-5-16-10(14)8(12)9(7(3)4)13-11(15)17-6-2/h7-9H,5-6H2,1-4H3,(H,13,15)/t8-,9-/m0/s1. The van der Waals surface area contributed by atoms with E-state index in [4.69, 9.17) is 9.47 Å². The third-order valence-corrected chi connectivity index (χ3v) is 3.05. The fourth-order valence-electron chi connectivity index (χ4n) is 1.26. The Morgan fingerprint density at radius 3 is 2.12 bits per heavy atom. The first kappa shape index (κ1) is 16.2. The van der Waals surface area contributed by atoms with Gasteiger partial charge in [-0.25, -0.2) is 4.79 Å². The number of rotatable bonds is 6. The molecule has 0 fully saturated rings. The Balaban J connectivity index is 4.51. The van der Waals surface area contributed by atoms with Gasteiger partial charge in [-0.15, -0.1) is 0 Å². The minimum Gasteiger partial charge on any atom is -0.465 e. The van der Waals surface area contributed by atoms with Gasteiger partial charge >= 0.3 is 12.1 Å². The van der Waals surface area contributed by atoms with Gasteiger partial charge in [0.1, 0.15) is 4.83 Å². The van der Waals surface area contributed by atoms with Crippen LogP contribution < -0.4 is 5.32 Å². The number of alkyl halides is 1. The number of alkyl carbamates (subject to hydrolysis) is 1. The highest BCUT2D eigenvalue weighted by Crippen LogP contribution is 2.16. The van der Waals surface area contributed by atoms with Gasteiger partial charge in [0.2, 0.25) is 0 Å². The second kappa shape index (κ2) is 8.33. The van der Waals surface area contributed by atoms with Gasteiger partial charge < -0.3 is 14.8 Å². The molecule has 5 nitrogen and oxygen atoms in total. The van der Waals surface area contributed by atoms with Crippen LogP contribution in [0.25, 0.3) is 0 Å². The maximum Gasteiger partial charge on any atom is 0.407 e. The van der Waals surface area contributed by atoms with Crippen molar-refractivity contribution in [1.82, 2.24) is 5.32 Å². The monoisotopic (exact) mass is 309 g/mol. The van der Waals surface area contributed by atoms with Crippen LogP contribution in [0.5, 0.6) is 0 Å². The highest BCUT2D eigenvalue weighted by atomic mass is 79.9. The molecule has 0 rings (SSSR count). The van der Waals surface area contributed by atoms with E-state index in [1.807, 2.05) is 13.8 Å². The van der Waals surface area contributed by atoms with E-state index in [1.54, 1.807) is 13.8 Å². The van der Waals surface area contributed by atoms with E-state index >= 15 is 0 Å². The zero-order valence-electron chi connectivity index (χ0n) is 10.7. The number of esters is 1. The summed E-state index contributed by atoms with van der Waals surface area (Å²) in [5.74, 6) is -0.309. The largest absolute Gasteiger partial charge is 0.465 e. The molecular weight excluding hydrogens is 290 g/mol. The van der Waals surface area contributed by atoms with Crippen LogP contribution in [0.2, 0.25) is 0 Å². The normalized spacial score (nSPS) is 14.0. The highest BCUT2D eigenvalue weighted by molar-refractivity contribution is 9.10. The van der Waals surface area contributed by atoms with Crippen LogP contribution in [0.4, 0.5) is 4.79 Å². The number of amides is 1. The molecule has 1 amide bonds. The first-order valence-corrected chi connectivity index (χ1v) is 6.59.